The summed E-state index contributed by atoms with van der Waals surface area (Å²) in [7, 11) is 0. The third-order valence-corrected chi connectivity index (χ3v) is 3.98. The first-order valence-corrected chi connectivity index (χ1v) is 7.32. The zero-order valence-corrected chi connectivity index (χ0v) is 12.8. The van der Waals surface area contributed by atoms with Crippen molar-refractivity contribution in [1.29, 1.82) is 0 Å². The molecule has 4 aromatic rings. The van der Waals surface area contributed by atoms with E-state index >= 15 is 0 Å². The Balaban J connectivity index is 2.11. The quantitative estimate of drug-likeness (QED) is 0.408. The predicted molar refractivity (Wildman–Crippen MR) is 89.7 cm³/mol. The fourth-order valence-electron chi connectivity index (χ4n) is 2.56. The molecule has 0 bridgehead atoms. The van der Waals surface area contributed by atoms with E-state index in [9.17, 15) is 10.1 Å². The fraction of sp³-hybridized carbons (Fsp3) is 0. The summed E-state index contributed by atoms with van der Waals surface area (Å²) in [5, 5.41) is 20.5. The lowest BCUT2D eigenvalue weighted by Crippen LogP contribution is -1.90. The molecule has 8 heteroatoms. The van der Waals surface area contributed by atoms with Crippen LogP contribution in [-0.2, 0) is 0 Å². The Morgan fingerprint density at radius 1 is 1.08 bits per heavy atom. The Morgan fingerprint density at radius 3 is 2.71 bits per heavy atom. The number of fused-ring (bicyclic) bond motifs is 3. The lowest BCUT2D eigenvalue weighted by molar-refractivity contribution is -0.383. The molecular formula is C16H8ClN5O2. The molecule has 24 heavy (non-hydrogen) atoms. The summed E-state index contributed by atoms with van der Waals surface area (Å²) in [6, 6.07) is 8.68. The molecule has 0 aliphatic carbocycles. The number of benzene rings is 2. The van der Waals surface area contributed by atoms with E-state index in [1.54, 1.807) is 12.3 Å². The van der Waals surface area contributed by atoms with Crippen molar-refractivity contribution in [2.45, 2.75) is 0 Å². The minimum Gasteiger partial charge on any atom is -0.262 e. The number of nitrogens with zero attached hydrogens (tertiary/aromatic N) is 5. The Labute approximate surface area is 140 Å². The maximum Gasteiger partial charge on any atom is 0.298 e. The highest BCUT2D eigenvalue weighted by Crippen LogP contribution is 2.32. The minimum absolute atomic E-state index is 0.121. The Kier molecular flexibility index (Phi) is 3.28. The van der Waals surface area contributed by atoms with E-state index in [1.165, 1.54) is 18.5 Å². The smallest absolute Gasteiger partial charge is 0.262 e. The molecule has 116 valence electrons. The van der Waals surface area contributed by atoms with Gasteiger partial charge in [0.15, 0.2) is 5.52 Å². The van der Waals surface area contributed by atoms with Crippen molar-refractivity contribution in [3.63, 3.8) is 0 Å². The van der Waals surface area contributed by atoms with Crippen LogP contribution in [0.3, 0.4) is 0 Å². The second-order valence-electron chi connectivity index (χ2n) is 5.08. The largest absolute Gasteiger partial charge is 0.298 e. The van der Waals surface area contributed by atoms with Gasteiger partial charge >= 0.3 is 0 Å². The zero-order valence-electron chi connectivity index (χ0n) is 12.0. The van der Waals surface area contributed by atoms with E-state index < -0.39 is 4.92 Å². The molecule has 7 nitrogen and oxygen atoms in total. The zero-order chi connectivity index (χ0) is 16.7. The summed E-state index contributed by atoms with van der Waals surface area (Å²) in [6.07, 6.45) is 4.57. The van der Waals surface area contributed by atoms with E-state index in [1.807, 2.05) is 18.2 Å². The van der Waals surface area contributed by atoms with Gasteiger partial charge in [-0.15, -0.1) is 5.10 Å². The molecule has 0 saturated heterocycles. The van der Waals surface area contributed by atoms with Gasteiger partial charge in [-0.25, -0.2) is 4.98 Å². The molecule has 0 fully saturated rings. The number of nitro benzene ring substituents is 1. The number of rotatable bonds is 2. The number of hydrogen-bond donors (Lipinski definition) is 0. The van der Waals surface area contributed by atoms with E-state index in [0.717, 1.165) is 5.56 Å². The predicted octanol–water partition coefficient (Wildman–Crippen LogP) is 3.80. The standard InChI is InChI=1S/C16H8ClN5O2/c17-12-4-2-1-3-10(12)13-8-18-6-9-5-14(22(23)24)16-11(7-19-21-16)15(9)20-13/h1-8H. The van der Waals surface area contributed by atoms with Gasteiger partial charge in [-0.3, -0.25) is 15.1 Å². The Morgan fingerprint density at radius 2 is 1.92 bits per heavy atom. The highest BCUT2D eigenvalue weighted by atomic mass is 35.5. The van der Waals surface area contributed by atoms with Crippen LogP contribution in [0.25, 0.3) is 33.1 Å². The van der Waals surface area contributed by atoms with Crippen molar-refractivity contribution in [3.8, 4) is 11.3 Å². The van der Waals surface area contributed by atoms with Crippen LogP contribution in [0.4, 0.5) is 5.69 Å². The molecule has 0 radical (unpaired) electrons. The molecule has 0 aliphatic rings. The highest BCUT2D eigenvalue weighted by Gasteiger charge is 2.19. The highest BCUT2D eigenvalue weighted by molar-refractivity contribution is 6.33. The van der Waals surface area contributed by atoms with Crippen molar-refractivity contribution in [2.24, 2.45) is 0 Å². The fourth-order valence-corrected chi connectivity index (χ4v) is 2.79. The monoisotopic (exact) mass is 337 g/mol. The van der Waals surface area contributed by atoms with Crippen LogP contribution in [-0.4, -0.2) is 25.1 Å². The van der Waals surface area contributed by atoms with Crippen molar-refractivity contribution < 1.29 is 4.92 Å². The van der Waals surface area contributed by atoms with E-state index in [4.69, 9.17) is 11.6 Å². The molecule has 0 atom stereocenters. The summed E-state index contributed by atoms with van der Waals surface area (Å²) < 4.78 is 0. The van der Waals surface area contributed by atoms with Gasteiger partial charge in [0.05, 0.1) is 38.9 Å². The van der Waals surface area contributed by atoms with Crippen LogP contribution in [0.1, 0.15) is 0 Å². The van der Waals surface area contributed by atoms with Gasteiger partial charge in [-0.2, -0.15) is 5.10 Å². The van der Waals surface area contributed by atoms with Gasteiger partial charge in [0, 0.05) is 23.2 Å². The average Bonchev–Trinajstić information content (AvgIpc) is 2.95. The number of hydrogen-bond acceptors (Lipinski definition) is 6. The van der Waals surface area contributed by atoms with Gasteiger partial charge in [0.2, 0.25) is 0 Å². The summed E-state index contributed by atoms with van der Waals surface area (Å²) >= 11 is 6.24. The van der Waals surface area contributed by atoms with Crippen molar-refractivity contribution in [3.05, 3.63) is 64.1 Å². The van der Waals surface area contributed by atoms with Crippen LogP contribution in [0.15, 0.2) is 48.9 Å². The molecule has 0 saturated carbocycles. The Hall–Kier alpha value is -3.19. The molecule has 0 spiro atoms. The van der Waals surface area contributed by atoms with Gasteiger partial charge in [-0.05, 0) is 6.07 Å². The summed E-state index contributed by atoms with van der Waals surface area (Å²) in [5.41, 5.74) is 1.91. The molecule has 0 N–H and O–H groups in total. The number of non-ortho nitro benzene ring substituents is 1. The van der Waals surface area contributed by atoms with Gasteiger partial charge < -0.3 is 0 Å². The number of nitro groups is 1. The summed E-state index contributed by atoms with van der Waals surface area (Å²) in [6.45, 7) is 0. The van der Waals surface area contributed by atoms with E-state index in [-0.39, 0.29) is 11.2 Å². The Bertz CT molecular complexity index is 1120. The molecular weight excluding hydrogens is 330 g/mol. The average molecular weight is 338 g/mol. The van der Waals surface area contributed by atoms with Crippen molar-refractivity contribution >= 4 is 39.1 Å². The maximum absolute atomic E-state index is 11.2. The van der Waals surface area contributed by atoms with Crippen LogP contribution in [0, 0.1) is 10.1 Å². The minimum atomic E-state index is -0.488. The second-order valence-corrected chi connectivity index (χ2v) is 5.49. The first-order valence-electron chi connectivity index (χ1n) is 6.94. The van der Waals surface area contributed by atoms with Crippen molar-refractivity contribution in [1.82, 2.24) is 20.2 Å². The third kappa shape index (κ3) is 2.22. The molecule has 0 amide bonds. The normalized spacial score (nSPS) is 11.0. The molecule has 0 aliphatic heterocycles. The maximum atomic E-state index is 11.2. The first kappa shape index (κ1) is 14.4. The summed E-state index contributed by atoms with van der Waals surface area (Å²) in [4.78, 5) is 19.6. The van der Waals surface area contributed by atoms with Crippen LogP contribution >= 0.6 is 11.6 Å². The summed E-state index contributed by atoms with van der Waals surface area (Å²) in [5.74, 6) is 0. The lowest BCUT2D eigenvalue weighted by atomic mass is 10.1. The van der Waals surface area contributed by atoms with Gasteiger partial charge in [0.25, 0.3) is 5.69 Å². The SMILES string of the molecule is O=[N+]([O-])c1cc2cncc(-c3ccccc3Cl)nc2c2cnnc12. The van der Waals surface area contributed by atoms with E-state index in [0.29, 0.717) is 27.0 Å². The van der Waals surface area contributed by atoms with Crippen LogP contribution < -0.4 is 0 Å². The van der Waals surface area contributed by atoms with Crippen LogP contribution in [0.5, 0.6) is 0 Å². The molecule has 0 unspecified atom stereocenters. The molecule has 2 aromatic carbocycles. The molecule has 2 heterocycles. The van der Waals surface area contributed by atoms with Crippen LogP contribution in [0.2, 0.25) is 5.02 Å². The van der Waals surface area contributed by atoms with Gasteiger partial charge in [0.1, 0.15) is 0 Å². The second kappa shape index (κ2) is 5.47. The van der Waals surface area contributed by atoms with E-state index in [2.05, 4.69) is 20.2 Å². The first-order chi connectivity index (χ1) is 11.6. The molecule has 2 aromatic heterocycles. The lowest BCUT2D eigenvalue weighted by Gasteiger charge is -2.01. The molecule has 4 rings (SSSR count). The number of halogens is 1. The number of aromatic nitrogens is 4. The third-order valence-electron chi connectivity index (χ3n) is 3.65. The topological polar surface area (TPSA) is 94.7 Å². The van der Waals surface area contributed by atoms with Gasteiger partial charge in [-0.1, -0.05) is 29.8 Å². The van der Waals surface area contributed by atoms with Crippen molar-refractivity contribution in [2.75, 3.05) is 0 Å².